The second-order valence-corrected chi connectivity index (χ2v) is 9.45. The van der Waals surface area contributed by atoms with Crippen molar-refractivity contribution in [3.63, 3.8) is 0 Å². The molecular formula is C25H48O. The monoisotopic (exact) mass is 364 g/mol. The van der Waals surface area contributed by atoms with Crippen LogP contribution in [0.4, 0.5) is 0 Å². The van der Waals surface area contributed by atoms with E-state index in [4.69, 9.17) is 4.74 Å². The second kappa shape index (κ2) is 14.0. The number of unbranched alkanes of at least 4 members (excludes halogenated alkanes) is 7. The summed E-state index contributed by atoms with van der Waals surface area (Å²) >= 11 is 0. The maximum atomic E-state index is 5.98. The summed E-state index contributed by atoms with van der Waals surface area (Å²) in [5.41, 5.74) is 0. The predicted molar refractivity (Wildman–Crippen MR) is 115 cm³/mol. The molecule has 2 fully saturated rings. The molecule has 0 spiro atoms. The lowest BCUT2D eigenvalue weighted by Crippen LogP contribution is -2.28. The van der Waals surface area contributed by atoms with Crippen LogP contribution in [-0.2, 0) is 4.74 Å². The van der Waals surface area contributed by atoms with Crippen LogP contribution < -0.4 is 0 Å². The van der Waals surface area contributed by atoms with Crippen LogP contribution in [-0.4, -0.2) is 12.7 Å². The summed E-state index contributed by atoms with van der Waals surface area (Å²) in [5, 5.41) is 0. The number of rotatable bonds is 13. The van der Waals surface area contributed by atoms with E-state index in [0.717, 1.165) is 24.4 Å². The van der Waals surface area contributed by atoms with Gasteiger partial charge in [-0.1, -0.05) is 84.5 Å². The molecule has 2 saturated carbocycles. The summed E-state index contributed by atoms with van der Waals surface area (Å²) in [4.78, 5) is 0. The maximum absolute atomic E-state index is 5.98. The van der Waals surface area contributed by atoms with Crippen LogP contribution in [0.2, 0.25) is 0 Å². The zero-order valence-electron chi connectivity index (χ0n) is 18.2. The third-order valence-corrected chi connectivity index (χ3v) is 7.30. The fourth-order valence-electron chi connectivity index (χ4n) is 5.53. The first-order valence-corrected chi connectivity index (χ1v) is 12.4. The zero-order chi connectivity index (χ0) is 18.5. The van der Waals surface area contributed by atoms with Crippen LogP contribution in [0.5, 0.6) is 0 Å². The minimum Gasteiger partial charge on any atom is -0.378 e. The van der Waals surface area contributed by atoms with Gasteiger partial charge in [-0.25, -0.2) is 0 Å². The van der Waals surface area contributed by atoms with Crippen molar-refractivity contribution in [1.29, 1.82) is 0 Å². The van der Waals surface area contributed by atoms with Gasteiger partial charge in [0.15, 0.2) is 0 Å². The minimum absolute atomic E-state index is 0.588. The molecule has 0 saturated heterocycles. The van der Waals surface area contributed by atoms with Gasteiger partial charge in [0.1, 0.15) is 0 Å². The average molecular weight is 365 g/mol. The molecule has 0 heterocycles. The van der Waals surface area contributed by atoms with E-state index in [0.29, 0.717) is 6.10 Å². The van der Waals surface area contributed by atoms with Gasteiger partial charge in [-0.2, -0.15) is 0 Å². The van der Waals surface area contributed by atoms with Gasteiger partial charge >= 0.3 is 0 Å². The molecule has 26 heavy (non-hydrogen) atoms. The van der Waals surface area contributed by atoms with Gasteiger partial charge < -0.3 is 4.74 Å². The summed E-state index contributed by atoms with van der Waals surface area (Å²) in [6.07, 6.45) is 26.7. The topological polar surface area (TPSA) is 9.23 Å². The molecule has 1 nitrogen and oxygen atoms in total. The number of hydrogen-bond acceptors (Lipinski definition) is 1. The van der Waals surface area contributed by atoms with Crippen LogP contribution in [0, 0.1) is 17.8 Å². The maximum Gasteiger partial charge on any atom is 0.0575 e. The van der Waals surface area contributed by atoms with E-state index in [9.17, 15) is 0 Å². The Labute approximate surface area is 165 Å². The highest BCUT2D eigenvalue weighted by Crippen LogP contribution is 2.41. The van der Waals surface area contributed by atoms with E-state index in [1.165, 1.54) is 116 Å². The van der Waals surface area contributed by atoms with E-state index >= 15 is 0 Å². The Kier molecular flexibility index (Phi) is 12.0. The Morgan fingerprint density at radius 2 is 1.12 bits per heavy atom. The highest BCUT2D eigenvalue weighted by Gasteiger charge is 2.30. The fourth-order valence-corrected chi connectivity index (χ4v) is 5.53. The van der Waals surface area contributed by atoms with Crippen molar-refractivity contribution in [3.8, 4) is 0 Å². The van der Waals surface area contributed by atoms with Crippen LogP contribution in [0.15, 0.2) is 0 Å². The molecule has 0 aromatic carbocycles. The molecule has 0 aromatic rings. The lowest BCUT2D eigenvalue weighted by Gasteiger charge is -2.37. The van der Waals surface area contributed by atoms with Crippen molar-refractivity contribution in [3.05, 3.63) is 0 Å². The minimum atomic E-state index is 0.588. The van der Waals surface area contributed by atoms with Gasteiger partial charge in [0.25, 0.3) is 0 Å². The molecule has 154 valence electrons. The summed E-state index contributed by atoms with van der Waals surface area (Å²) < 4.78 is 5.98. The third kappa shape index (κ3) is 8.77. The first-order chi connectivity index (χ1) is 12.8. The molecule has 2 aliphatic carbocycles. The lowest BCUT2D eigenvalue weighted by molar-refractivity contribution is 0.00726. The molecule has 0 unspecified atom stereocenters. The van der Waals surface area contributed by atoms with Gasteiger partial charge in [-0.3, -0.25) is 0 Å². The number of hydrogen-bond donors (Lipinski definition) is 0. The standard InChI is InChI=1S/C25H48O/c1-3-5-6-7-8-9-10-11-12-22-13-15-23(16-14-22)24-17-19-25(20-18-24)26-21-4-2/h22-25H,3-21H2,1-2H3/t22-,23-,24-,25-. The normalized spacial score (nSPS) is 29.8. The molecular weight excluding hydrogens is 316 g/mol. The summed E-state index contributed by atoms with van der Waals surface area (Å²) in [6, 6.07) is 0. The lowest BCUT2D eigenvalue weighted by atomic mass is 9.70. The van der Waals surface area contributed by atoms with Gasteiger partial charge in [-0.05, 0) is 62.7 Å². The van der Waals surface area contributed by atoms with E-state index in [-0.39, 0.29) is 0 Å². The van der Waals surface area contributed by atoms with Gasteiger partial charge in [0.05, 0.1) is 6.10 Å². The third-order valence-electron chi connectivity index (χ3n) is 7.30. The molecule has 0 aliphatic heterocycles. The first kappa shape index (κ1) is 22.3. The van der Waals surface area contributed by atoms with Crippen molar-refractivity contribution in [2.24, 2.45) is 17.8 Å². The molecule has 0 radical (unpaired) electrons. The zero-order valence-corrected chi connectivity index (χ0v) is 18.2. The molecule has 2 aliphatic rings. The summed E-state index contributed by atoms with van der Waals surface area (Å²) in [6.45, 7) is 5.50. The smallest absolute Gasteiger partial charge is 0.0575 e. The van der Waals surface area contributed by atoms with Crippen LogP contribution in [0.25, 0.3) is 0 Å². The highest BCUT2D eigenvalue weighted by atomic mass is 16.5. The van der Waals surface area contributed by atoms with E-state index < -0.39 is 0 Å². The van der Waals surface area contributed by atoms with E-state index in [1.807, 2.05) is 0 Å². The van der Waals surface area contributed by atoms with Gasteiger partial charge in [0.2, 0.25) is 0 Å². The van der Waals surface area contributed by atoms with E-state index in [1.54, 1.807) is 0 Å². The number of ether oxygens (including phenoxy) is 1. The Morgan fingerprint density at radius 3 is 1.69 bits per heavy atom. The molecule has 1 heteroatoms. The van der Waals surface area contributed by atoms with Crippen LogP contribution >= 0.6 is 0 Å². The van der Waals surface area contributed by atoms with Crippen molar-refractivity contribution in [2.45, 2.75) is 136 Å². The average Bonchev–Trinajstić information content (AvgIpc) is 2.69. The largest absolute Gasteiger partial charge is 0.378 e. The molecule has 0 bridgehead atoms. The molecule has 0 aromatic heterocycles. The summed E-state index contributed by atoms with van der Waals surface area (Å²) in [5.74, 6) is 3.15. The Balaban J connectivity index is 1.46. The van der Waals surface area contributed by atoms with Gasteiger partial charge in [0, 0.05) is 6.61 Å². The van der Waals surface area contributed by atoms with Crippen LogP contribution in [0.1, 0.15) is 129 Å². The Hall–Kier alpha value is -0.0400. The highest BCUT2D eigenvalue weighted by molar-refractivity contribution is 4.82. The second-order valence-electron chi connectivity index (χ2n) is 9.45. The van der Waals surface area contributed by atoms with Crippen molar-refractivity contribution in [2.75, 3.05) is 6.61 Å². The SMILES string of the molecule is CCCCCCCCCC[C@H]1CC[C@H]([C@H]2CC[C@H](OCCC)CC2)CC1. The van der Waals surface area contributed by atoms with Crippen LogP contribution in [0.3, 0.4) is 0 Å². The Bertz CT molecular complexity index is 310. The molecule has 0 amide bonds. The molecule has 0 N–H and O–H groups in total. The first-order valence-electron chi connectivity index (χ1n) is 12.4. The molecule has 0 atom stereocenters. The van der Waals surface area contributed by atoms with Crippen molar-refractivity contribution < 1.29 is 4.74 Å². The van der Waals surface area contributed by atoms with E-state index in [2.05, 4.69) is 13.8 Å². The van der Waals surface area contributed by atoms with Gasteiger partial charge in [-0.15, -0.1) is 0 Å². The predicted octanol–water partition coefficient (Wildman–Crippen LogP) is 8.31. The molecule has 2 rings (SSSR count). The van der Waals surface area contributed by atoms with Crippen molar-refractivity contribution >= 4 is 0 Å². The Morgan fingerprint density at radius 1 is 0.577 bits per heavy atom. The van der Waals surface area contributed by atoms with Crippen molar-refractivity contribution in [1.82, 2.24) is 0 Å². The quantitative estimate of drug-likeness (QED) is 0.298. The summed E-state index contributed by atoms with van der Waals surface area (Å²) in [7, 11) is 0. The fraction of sp³-hybridized carbons (Fsp3) is 1.00.